The minimum Gasteiger partial charge on any atom is -0.366 e. The lowest BCUT2D eigenvalue weighted by Crippen LogP contribution is -2.50. The zero-order valence-corrected chi connectivity index (χ0v) is 12.8. The molecule has 1 atom stereocenters. The molecule has 1 aliphatic rings. The van der Waals surface area contributed by atoms with Crippen molar-refractivity contribution < 1.29 is 14.8 Å². The van der Waals surface area contributed by atoms with Gasteiger partial charge in [-0.05, 0) is 24.6 Å². The van der Waals surface area contributed by atoms with Crippen molar-refractivity contribution in [3.63, 3.8) is 0 Å². The van der Waals surface area contributed by atoms with Crippen LogP contribution < -0.4 is 5.43 Å². The highest BCUT2D eigenvalue weighted by molar-refractivity contribution is 5.99. The lowest BCUT2D eigenvalue weighted by molar-refractivity contribution is -0.385. The van der Waals surface area contributed by atoms with Crippen molar-refractivity contribution in [2.45, 2.75) is 12.6 Å². The van der Waals surface area contributed by atoms with Gasteiger partial charge in [0.2, 0.25) is 0 Å². The van der Waals surface area contributed by atoms with Gasteiger partial charge in [-0.3, -0.25) is 20.3 Å². The smallest absolute Gasteiger partial charge is 0.282 e. The average Bonchev–Trinajstić information content (AvgIpc) is 2.90. The van der Waals surface area contributed by atoms with Crippen LogP contribution in [0.1, 0.15) is 22.8 Å². The van der Waals surface area contributed by atoms with E-state index >= 15 is 0 Å². The Bertz CT molecular complexity index is 831. The van der Waals surface area contributed by atoms with Gasteiger partial charge in [0.15, 0.2) is 5.72 Å². The number of aliphatic hydroxyl groups is 1. The lowest BCUT2D eigenvalue weighted by atomic mass is 10.1. The zero-order chi connectivity index (χ0) is 17.3. The Hall–Kier alpha value is -3.19. The maximum absolute atomic E-state index is 12.7. The Morgan fingerprint density at radius 1 is 1.17 bits per heavy atom. The van der Waals surface area contributed by atoms with Gasteiger partial charge >= 0.3 is 0 Å². The van der Waals surface area contributed by atoms with Gasteiger partial charge in [0, 0.05) is 6.07 Å². The molecule has 3 rings (SSSR count). The second kappa shape index (κ2) is 5.78. The van der Waals surface area contributed by atoms with Crippen molar-refractivity contribution in [3.05, 3.63) is 81.9 Å². The fourth-order valence-corrected chi connectivity index (χ4v) is 2.56. The van der Waals surface area contributed by atoms with E-state index in [1.54, 1.807) is 0 Å². The molecule has 7 heteroatoms. The Balaban J connectivity index is 1.94. The van der Waals surface area contributed by atoms with Crippen LogP contribution in [-0.4, -0.2) is 26.7 Å². The van der Waals surface area contributed by atoms with Gasteiger partial charge in [0.25, 0.3) is 11.6 Å². The van der Waals surface area contributed by atoms with E-state index in [0.29, 0.717) is 5.70 Å². The molecule has 2 N–H and O–H groups in total. The first-order valence-electron chi connectivity index (χ1n) is 7.25. The van der Waals surface area contributed by atoms with Gasteiger partial charge in [0.1, 0.15) is 5.56 Å². The van der Waals surface area contributed by atoms with Crippen molar-refractivity contribution in [3.8, 4) is 0 Å². The number of nitrogens with zero attached hydrogens (tertiary/aromatic N) is 2. The number of nitro benzene ring substituents is 1. The highest BCUT2D eigenvalue weighted by Gasteiger charge is 2.40. The molecule has 0 aliphatic carbocycles. The number of rotatable bonds is 3. The maximum Gasteiger partial charge on any atom is 0.282 e. The number of amides is 1. The third-order valence-electron chi connectivity index (χ3n) is 3.72. The van der Waals surface area contributed by atoms with Crippen LogP contribution >= 0.6 is 0 Å². The van der Waals surface area contributed by atoms with Crippen LogP contribution in [0.25, 0.3) is 5.70 Å². The van der Waals surface area contributed by atoms with Gasteiger partial charge in [-0.15, -0.1) is 0 Å². The highest BCUT2D eigenvalue weighted by Crippen LogP contribution is 2.29. The van der Waals surface area contributed by atoms with Crippen LogP contribution in [0.2, 0.25) is 0 Å². The van der Waals surface area contributed by atoms with Crippen LogP contribution in [0.3, 0.4) is 0 Å². The van der Waals surface area contributed by atoms with Gasteiger partial charge in [-0.2, -0.15) is 0 Å². The first-order valence-corrected chi connectivity index (χ1v) is 7.25. The summed E-state index contributed by atoms with van der Waals surface area (Å²) in [5.41, 5.74) is 2.14. The molecule has 0 bridgehead atoms. The van der Waals surface area contributed by atoms with E-state index in [1.165, 1.54) is 37.3 Å². The number of carbonyl (C=O) groups excluding carboxylic acids is 1. The van der Waals surface area contributed by atoms with E-state index in [-0.39, 0.29) is 11.3 Å². The predicted octanol–water partition coefficient (Wildman–Crippen LogP) is 2.30. The van der Waals surface area contributed by atoms with E-state index in [1.807, 2.05) is 30.3 Å². The summed E-state index contributed by atoms with van der Waals surface area (Å²) in [7, 11) is 0. The van der Waals surface area contributed by atoms with Crippen molar-refractivity contribution in [2.24, 2.45) is 0 Å². The molecule has 2 aromatic rings. The molecular formula is C17H15N3O4. The van der Waals surface area contributed by atoms with Crippen molar-refractivity contribution in [1.82, 2.24) is 10.4 Å². The molecular weight excluding hydrogens is 310 g/mol. The quantitative estimate of drug-likeness (QED) is 0.667. The normalized spacial score (nSPS) is 19.6. The van der Waals surface area contributed by atoms with E-state index in [2.05, 4.69) is 5.43 Å². The lowest BCUT2D eigenvalue weighted by Gasteiger charge is -2.29. The molecule has 2 aromatic carbocycles. The Morgan fingerprint density at radius 3 is 2.46 bits per heavy atom. The molecule has 7 nitrogen and oxygen atoms in total. The van der Waals surface area contributed by atoms with Crippen molar-refractivity contribution >= 4 is 17.3 Å². The minimum atomic E-state index is -1.62. The minimum absolute atomic E-state index is 0.0991. The average molecular weight is 325 g/mol. The summed E-state index contributed by atoms with van der Waals surface area (Å²) in [5.74, 6) is -0.686. The highest BCUT2D eigenvalue weighted by atomic mass is 16.6. The number of carbonyl (C=O) groups is 1. The number of hydrogen-bond donors (Lipinski definition) is 2. The number of nitro groups is 1. The fraction of sp³-hybridized carbons (Fsp3) is 0.118. The number of hydrazine groups is 1. The van der Waals surface area contributed by atoms with Crippen LogP contribution in [0, 0.1) is 10.1 Å². The molecule has 122 valence electrons. The van der Waals surface area contributed by atoms with Crippen molar-refractivity contribution in [1.29, 1.82) is 0 Å². The van der Waals surface area contributed by atoms with Crippen LogP contribution in [0.5, 0.6) is 0 Å². The third kappa shape index (κ3) is 2.72. The molecule has 0 fully saturated rings. The molecule has 1 amide bonds. The fourth-order valence-electron chi connectivity index (χ4n) is 2.56. The molecule has 24 heavy (non-hydrogen) atoms. The predicted molar refractivity (Wildman–Crippen MR) is 87.4 cm³/mol. The van der Waals surface area contributed by atoms with Crippen LogP contribution in [0.4, 0.5) is 5.69 Å². The van der Waals surface area contributed by atoms with Crippen LogP contribution in [0.15, 0.2) is 60.7 Å². The van der Waals surface area contributed by atoms with Crippen molar-refractivity contribution in [2.75, 3.05) is 0 Å². The standard InChI is InChI=1S/C17H15N3O4/c1-17(22)11-14(12-7-3-2-4-8-12)18-19(17)16(21)13-9-5-6-10-15(13)20(23)24/h2-11,18,22H,1H3/t17-/m1/s1. The van der Waals surface area contributed by atoms with Crippen LogP contribution in [-0.2, 0) is 0 Å². The molecule has 0 aromatic heterocycles. The monoisotopic (exact) mass is 325 g/mol. The molecule has 1 aliphatic heterocycles. The molecule has 0 saturated carbocycles. The molecule has 1 heterocycles. The van der Waals surface area contributed by atoms with E-state index in [4.69, 9.17) is 0 Å². The second-order valence-electron chi connectivity index (χ2n) is 5.54. The summed E-state index contributed by atoms with van der Waals surface area (Å²) in [6, 6.07) is 14.8. The number of para-hydroxylation sites is 1. The number of hydrogen-bond acceptors (Lipinski definition) is 5. The Morgan fingerprint density at radius 2 is 1.79 bits per heavy atom. The van der Waals surface area contributed by atoms with Gasteiger partial charge in [-0.25, -0.2) is 5.01 Å². The summed E-state index contributed by atoms with van der Waals surface area (Å²) in [6.45, 7) is 1.43. The molecule has 0 saturated heterocycles. The number of benzene rings is 2. The summed E-state index contributed by atoms with van der Waals surface area (Å²) >= 11 is 0. The third-order valence-corrected chi connectivity index (χ3v) is 3.72. The Kier molecular flexibility index (Phi) is 3.78. The summed E-state index contributed by atoms with van der Waals surface area (Å²) in [6.07, 6.45) is 1.50. The SMILES string of the molecule is C[C@@]1(O)C=C(c2ccccc2)NN1C(=O)c1ccccc1[N+](=O)[O-]. The summed E-state index contributed by atoms with van der Waals surface area (Å²) < 4.78 is 0. The van der Waals surface area contributed by atoms with E-state index in [9.17, 15) is 20.0 Å². The first-order chi connectivity index (χ1) is 11.4. The largest absolute Gasteiger partial charge is 0.366 e. The first kappa shape index (κ1) is 15.7. The second-order valence-corrected chi connectivity index (χ2v) is 5.54. The zero-order valence-electron chi connectivity index (χ0n) is 12.8. The van der Waals surface area contributed by atoms with E-state index < -0.39 is 16.6 Å². The van der Waals surface area contributed by atoms with Gasteiger partial charge < -0.3 is 5.11 Å². The maximum atomic E-state index is 12.7. The van der Waals surface area contributed by atoms with E-state index in [0.717, 1.165) is 10.6 Å². The Labute approximate surface area is 138 Å². The number of nitrogens with one attached hydrogen (secondary N) is 1. The summed E-state index contributed by atoms with van der Waals surface area (Å²) in [4.78, 5) is 23.2. The molecule has 0 unspecified atom stereocenters. The van der Waals surface area contributed by atoms with Gasteiger partial charge in [0.05, 0.1) is 10.6 Å². The van der Waals surface area contributed by atoms with Gasteiger partial charge in [-0.1, -0.05) is 42.5 Å². The topological polar surface area (TPSA) is 95.7 Å². The molecule has 0 spiro atoms. The molecule has 0 radical (unpaired) electrons. The summed E-state index contributed by atoms with van der Waals surface area (Å²) in [5, 5.41) is 22.7.